The average molecular weight is 479 g/mol. The van der Waals surface area contributed by atoms with Gasteiger partial charge in [-0.25, -0.2) is 10.2 Å². The highest BCUT2D eigenvalue weighted by Crippen LogP contribution is 2.28. The van der Waals surface area contributed by atoms with Crippen molar-refractivity contribution < 1.29 is 33.5 Å². The second kappa shape index (κ2) is 11.8. The predicted octanol–water partition coefficient (Wildman–Crippen LogP) is 3.36. The summed E-state index contributed by atoms with van der Waals surface area (Å²) in [5.74, 6) is 0.339. The third-order valence-corrected chi connectivity index (χ3v) is 4.54. The number of amides is 1. The van der Waals surface area contributed by atoms with Crippen molar-refractivity contribution in [2.24, 2.45) is 5.10 Å². The molecule has 3 rings (SSSR count). The van der Waals surface area contributed by atoms with Crippen LogP contribution < -0.4 is 24.4 Å². The summed E-state index contributed by atoms with van der Waals surface area (Å²) in [4.78, 5) is 34.4. The molecule has 1 amide bonds. The van der Waals surface area contributed by atoms with E-state index in [9.17, 15) is 19.7 Å². The number of hydrogen-bond donors (Lipinski definition) is 1. The molecule has 0 spiro atoms. The Hall–Kier alpha value is -4.93. The molecule has 11 nitrogen and oxygen atoms in total. The van der Waals surface area contributed by atoms with Gasteiger partial charge in [0.05, 0.1) is 30.9 Å². The molecule has 35 heavy (non-hydrogen) atoms. The van der Waals surface area contributed by atoms with Gasteiger partial charge < -0.3 is 18.9 Å². The van der Waals surface area contributed by atoms with Crippen LogP contribution in [0.5, 0.6) is 23.0 Å². The summed E-state index contributed by atoms with van der Waals surface area (Å²) in [6, 6.07) is 16.6. The number of carbonyl (C=O) groups excluding carboxylic acids is 2. The van der Waals surface area contributed by atoms with Gasteiger partial charge in [0, 0.05) is 12.1 Å². The number of nitro groups is 1. The van der Waals surface area contributed by atoms with Gasteiger partial charge in [-0.05, 0) is 60.2 Å². The van der Waals surface area contributed by atoms with Crippen LogP contribution in [-0.2, 0) is 4.79 Å². The Balaban J connectivity index is 1.54. The fourth-order valence-electron chi connectivity index (χ4n) is 2.76. The van der Waals surface area contributed by atoms with Gasteiger partial charge >= 0.3 is 5.97 Å². The maximum absolute atomic E-state index is 12.4. The first kappa shape index (κ1) is 24.7. The molecule has 0 fully saturated rings. The van der Waals surface area contributed by atoms with Gasteiger partial charge in [0.15, 0.2) is 18.1 Å². The summed E-state index contributed by atoms with van der Waals surface area (Å²) >= 11 is 0. The first-order valence-corrected chi connectivity index (χ1v) is 10.1. The van der Waals surface area contributed by atoms with Crippen molar-refractivity contribution in [3.8, 4) is 23.0 Å². The Bertz CT molecular complexity index is 1220. The minimum Gasteiger partial charge on any atom is -0.497 e. The highest BCUT2D eigenvalue weighted by atomic mass is 16.6. The topological polar surface area (TPSA) is 139 Å². The molecule has 0 saturated heterocycles. The van der Waals surface area contributed by atoms with E-state index in [0.717, 1.165) is 0 Å². The second-order valence-corrected chi connectivity index (χ2v) is 6.86. The van der Waals surface area contributed by atoms with Gasteiger partial charge in [0.25, 0.3) is 11.6 Å². The lowest BCUT2D eigenvalue weighted by Gasteiger charge is -2.10. The van der Waals surface area contributed by atoms with Crippen LogP contribution in [0.4, 0.5) is 5.69 Å². The van der Waals surface area contributed by atoms with Crippen LogP contribution in [0, 0.1) is 10.1 Å². The number of nitrogens with zero attached hydrogens (tertiary/aromatic N) is 2. The summed E-state index contributed by atoms with van der Waals surface area (Å²) in [6.07, 6.45) is 1.38. The van der Waals surface area contributed by atoms with E-state index in [1.165, 1.54) is 44.7 Å². The van der Waals surface area contributed by atoms with E-state index in [1.807, 2.05) is 0 Å². The van der Waals surface area contributed by atoms with Crippen LogP contribution in [0.15, 0.2) is 71.8 Å². The number of carbonyl (C=O) groups is 2. The number of hydrazone groups is 1. The summed E-state index contributed by atoms with van der Waals surface area (Å²) in [5, 5.41) is 14.5. The molecule has 0 aliphatic rings. The Morgan fingerprint density at radius 3 is 2.26 bits per heavy atom. The first-order chi connectivity index (χ1) is 16.9. The molecule has 180 valence electrons. The molecule has 0 radical (unpaired) electrons. The summed E-state index contributed by atoms with van der Waals surface area (Å²) < 4.78 is 21.0. The Morgan fingerprint density at radius 2 is 1.63 bits per heavy atom. The molecule has 0 aromatic heterocycles. The van der Waals surface area contributed by atoms with Crippen LogP contribution in [0.2, 0.25) is 0 Å². The minimum absolute atomic E-state index is 0.0802. The van der Waals surface area contributed by atoms with Gasteiger partial charge in [0.1, 0.15) is 11.5 Å². The van der Waals surface area contributed by atoms with Crippen molar-refractivity contribution in [1.29, 1.82) is 0 Å². The molecule has 3 aromatic rings. The van der Waals surface area contributed by atoms with Gasteiger partial charge in [0.2, 0.25) is 0 Å². The third kappa shape index (κ3) is 7.02. The monoisotopic (exact) mass is 479 g/mol. The molecule has 1 N–H and O–H groups in total. The highest BCUT2D eigenvalue weighted by Gasteiger charge is 2.13. The summed E-state index contributed by atoms with van der Waals surface area (Å²) in [7, 11) is 2.96. The van der Waals surface area contributed by atoms with Crippen molar-refractivity contribution in [3.05, 3.63) is 88.0 Å². The lowest BCUT2D eigenvalue weighted by atomic mass is 10.2. The summed E-state index contributed by atoms with van der Waals surface area (Å²) in [6.45, 7) is -0.335. The molecule has 0 aliphatic carbocycles. The van der Waals surface area contributed by atoms with E-state index in [1.54, 1.807) is 42.5 Å². The van der Waals surface area contributed by atoms with E-state index in [4.69, 9.17) is 18.9 Å². The Labute approximate surface area is 200 Å². The largest absolute Gasteiger partial charge is 0.497 e. The number of methoxy groups -OCH3 is 2. The molecule has 11 heteroatoms. The maximum atomic E-state index is 12.4. The van der Waals surface area contributed by atoms with Gasteiger partial charge in [-0.1, -0.05) is 0 Å². The molecule has 0 unspecified atom stereocenters. The van der Waals surface area contributed by atoms with Crippen molar-refractivity contribution in [2.45, 2.75) is 0 Å². The number of esters is 1. The molecular weight excluding hydrogens is 458 g/mol. The fraction of sp³-hybridized carbons (Fsp3) is 0.125. The molecule has 0 saturated carbocycles. The van der Waals surface area contributed by atoms with Crippen LogP contribution in [0.1, 0.15) is 15.9 Å². The van der Waals surface area contributed by atoms with Crippen molar-refractivity contribution in [3.63, 3.8) is 0 Å². The van der Waals surface area contributed by atoms with E-state index in [0.29, 0.717) is 28.4 Å². The van der Waals surface area contributed by atoms with Gasteiger partial charge in [-0.15, -0.1) is 0 Å². The Morgan fingerprint density at radius 1 is 0.943 bits per heavy atom. The molecule has 3 aromatic carbocycles. The zero-order chi connectivity index (χ0) is 25.2. The van der Waals surface area contributed by atoms with E-state index < -0.39 is 16.8 Å². The van der Waals surface area contributed by atoms with E-state index in [-0.39, 0.29) is 18.0 Å². The van der Waals surface area contributed by atoms with Crippen LogP contribution >= 0.6 is 0 Å². The number of rotatable bonds is 10. The van der Waals surface area contributed by atoms with Crippen LogP contribution in [-0.4, -0.2) is 43.8 Å². The molecule has 0 aliphatic heterocycles. The van der Waals surface area contributed by atoms with E-state index >= 15 is 0 Å². The first-order valence-electron chi connectivity index (χ1n) is 10.1. The van der Waals surface area contributed by atoms with Crippen molar-refractivity contribution >= 4 is 23.8 Å². The number of non-ortho nitro benzene ring substituents is 1. The third-order valence-electron chi connectivity index (χ3n) is 4.54. The smallest absolute Gasteiger partial charge is 0.343 e. The number of nitro benzene ring substituents is 1. The lowest BCUT2D eigenvalue weighted by Crippen LogP contribution is -2.24. The van der Waals surface area contributed by atoms with Crippen LogP contribution in [0.3, 0.4) is 0 Å². The van der Waals surface area contributed by atoms with Gasteiger partial charge in [-0.3, -0.25) is 14.9 Å². The second-order valence-electron chi connectivity index (χ2n) is 6.86. The van der Waals surface area contributed by atoms with Gasteiger partial charge in [-0.2, -0.15) is 5.10 Å². The zero-order valence-corrected chi connectivity index (χ0v) is 18.8. The molecule has 0 atom stereocenters. The van der Waals surface area contributed by atoms with E-state index in [2.05, 4.69) is 10.5 Å². The maximum Gasteiger partial charge on any atom is 0.343 e. The average Bonchev–Trinajstić information content (AvgIpc) is 2.88. The highest BCUT2D eigenvalue weighted by molar-refractivity contribution is 5.92. The van der Waals surface area contributed by atoms with Crippen molar-refractivity contribution in [1.82, 2.24) is 5.43 Å². The standard InChI is InChI=1S/C24H21N3O8/c1-32-19-8-4-17(5-9-19)24(29)35-21-12-3-16(13-22(21)33-2)14-25-26-23(28)15-34-20-10-6-18(7-11-20)27(30)31/h3-14H,15H2,1-2H3,(H,26,28)/b25-14+. The zero-order valence-electron chi connectivity index (χ0n) is 18.8. The van der Waals surface area contributed by atoms with Crippen molar-refractivity contribution in [2.75, 3.05) is 20.8 Å². The Kier molecular flexibility index (Phi) is 8.33. The minimum atomic E-state index is -0.562. The number of ether oxygens (including phenoxy) is 4. The normalized spacial score (nSPS) is 10.5. The SMILES string of the molecule is COc1ccc(C(=O)Oc2ccc(/C=N/NC(=O)COc3ccc([N+](=O)[O-])cc3)cc2OC)cc1. The molecule has 0 bridgehead atoms. The molecule has 0 heterocycles. The van der Waals surface area contributed by atoms with Crippen LogP contribution in [0.25, 0.3) is 0 Å². The number of hydrogen-bond acceptors (Lipinski definition) is 9. The number of benzene rings is 3. The molecular formula is C24H21N3O8. The predicted molar refractivity (Wildman–Crippen MR) is 125 cm³/mol. The lowest BCUT2D eigenvalue weighted by molar-refractivity contribution is -0.384. The summed E-state index contributed by atoms with van der Waals surface area (Å²) in [5.41, 5.74) is 3.14. The quantitative estimate of drug-likeness (QED) is 0.154. The fourth-order valence-corrected chi connectivity index (χ4v) is 2.76. The number of nitrogens with one attached hydrogen (secondary N) is 1.